The fourth-order valence-corrected chi connectivity index (χ4v) is 1.36. The van der Waals surface area contributed by atoms with Gasteiger partial charge in [-0.3, -0.25) is 5.41 Å². The summed E-state index contributed by atoms with van der Waals surface area (Å²) in [7, 11) is 0. The van der Waals surface area contributed by atoms with Crippen LogP contribution in [0.3, 0.4) is 0 Å². The van der Waals surface area contributed by atoms with Gasteiger partial charge in [0.15, 0.2) is 5.60 Å². The van der Waals surface area contributed by atoms with E-state index in [0.29, 0.717) is 12.2 Å². The predicted octanol–water partition coefficient (Wildman–Crippen LogP) is 2.22. The fraction of sp³-hybridized carbons (Fsp3) is 0.417. The summed E-state index contributed by atoms with van der Waals surface area (Å²) in [6.45, 7) is 5.70. The van der Waals surface area contributed by atoms with E-state index in [1.165, 1.54) is 0 Å². The van der Waals surface area contributed by atoms with Crippen LogP contribution in [0.2, 0.25) is 0 Å². The lowest BCUT2D eigenvalue weighted by molar-refractivity contribution is 0.0948. The molecule has 15 heavy (non-hydrogen) atoms. The van der Waals surface area contributed by atoms with Crippen molar-refractivity contribution in [2.45, 2.75) is 26.4 Å². The van der Waals surface area contributed by atoms with Crippen LogP contribution in [0.1, 0.15) is 25.0 Å². The van der Waals surface area contributed by atoms with E-state index in [0.717, 1.165) is 5.56 Å². The Morgan fingerprint density at radius 2 is 2.20 bits per heavy atom. The molecular formula is C12H17NO2. The summed E-state index contributed by atoms with van der Waals surface area (Å²) in [6.07, 6.45) is 0. The number of hydrogen-bond acceptors (Lipinski definition) is 3. The number of aryl methyl sites for hydroxylation is 1. The first-order chi connectivity index (χ1) is 6.98. The van der Waals surface area contributed by atoms with E-state index in [4.69, 9.17) is 10.1 Å². The third-order valence-corrected chi connectivity index (χ3v) is 2.31. The molecule has 0 radical (unpaired) electrons. The number of hydrogen-bond donors (Lipinski definition) is 2. The van der Waals surface area contributed by atoms with Crippen molar-refractivity contribution in [2.75, 3.05) is 6.61 Å². The van der Waals surface area contributed by atoms with Crippen LogP contribution in [0.15, 0.2) is 24.3 Å². The quantitative estimate of drug-likeness (QED) is 0.589. The lowest BCUT2D eigenvalue weighted by Crippen LogP contribution is -2.33. The first kappa shape index (κ1) is 11.7. The molecular weight excluding hydrogens is 190 g/mol. The Labute approximate surface area is 90.2 Å². The van der Waals surface area contributed by atoms with Gasteiger partial charge in [0.1, 0.15) is 0 Å². The van der Waals surface area contributed by atoms with Crippen molar-refractivity contribution in [3.8, 4) is 0 Å². The van der Waals surface area contributed by atoms with E-state index < -0.39 is 5.60 Å². The Hall–Kier alpha value is -1.35. The maximum Gasteiger partial charge on any atom is 0.217 e. The number of ether oxygens (including phenoxy) is 1. The van der Waals surface area contributed by atoms with Crippen LogP contribution < -0.4 is 0 Å². The molecule has 1 rings (SSSR count). The summed E-state index contributed by atoms with van der Waals surface area (Å²) in [6, 6.07) is 7.45. The van der Waals surface area contributed by atoms with Gasteiger partial charge in [0.2, 0.25) is 5.90 Å². The van der Waals surface area contributed by atoms with E-state index in [9.17, 15) is 5.11 Å². The van der Waals surface area contributed by atoms with Crippen LogP contribution in [0, 0.1) is 12.3 Å². The average molecular weight is 207 g/mol. The van der Waals surface area contributed by atoms with Gasteiger partial charge in [0, 0.05) is 0 Å². The van der Waals surface area contributed by atoms with E-state index in [1.54, 1.807) is 19.9 Å². The standard InChI is InChI=1S/C12H17NO2/c1-4-15-11(13)12(3,14)10-7-5-6-9(2)8-10/h5-8,13-14H,4H2,1-3H3/t12-/m1/s1. The minimum absolute atomic E-state index is 0.115. The van der Waals surface area contributed by atoms with Gasteiger partial charge in [-0.1, -0.05) is 29.8 Å². The maximum atomic E-state index is 10.2. The van der Waals surface area contributed by atoms with Gasteiger partial charge >= 0.3 is 0 Å². The molecule has 0 aromatic heterocycles. The fourth-order valence-electron chi connectivity index (χ4n) is 1.36. The Balaban J connectivity index is 2.99. The van der Waals surface area contributed by atoms with Gasteiger partial charge < -0.3 is 9.84 Å². The Morgan fingerprint density at radius 3 is 2.73 bits per heavy atom. The highest BCUT2D eigenvalue weighted by molar-refractivity contribution is 5.83. The second kappa shape index (κ2) is 4.45. The molecule has 1 aromatic rings. The maximum absolute atomic E-state index is 10.2. The monoisotopic (exact) mass is 207 g/mol. The van der Waals surface area contributed by atoms with E-state index in [1.807, 2.05) is 25.1 Å². The van der Waals surface area contributed by atoms with Crippen LogP contribution in [0.4, 0.5) is 0 Å². The van der Waals surface area contributed by atoms with Crippen LogP contribution >= 0.6 is 0 Å². The van der Waals surface area contributed by atoms with E-state index >= 15 is 0 Å². The van der Waals surface area contributed by atoms with Gasteiger partial charge in [-0.15, -0.1) is 0 Å². The zero-order valence-electron chi connectivity index (χ0n) is 9.37. The summed E-state index contributed by atoms with van der Waals surface area (Å²) in [5, 5.41) is 17.8. The molecule has 0 aliphatic carbocycles. The van der Waals surface area contributed by atoms with Crippen LogP contribution in [-0.4, -0.2) is 17.6 Å². The van der Waals surface area contributed by atoms with Crippen molar-refractivity contribution in [3.63, 3.8) is 0 Å². The van der Waals surface area contributed by atoms with Crippen LogP contribution in [-0.2, 0) is 10.3 Å². The number of benzene rings is 1. The highest BCUT2D eigenvalue weighted by atomic mass is 16.5. The molecule has 0 aliphatic rings. The Morgan fingerprint density at radius 1 is 1.53 bits per heavy atom. The topological polar surface area (TPSA) is 53.3 Å². The number of rotatable bonds is 3. The van der Waals surface area contributed by atoms with Gasteiger partial charge in [-0.2, -0.15) is 0 Å². The zero-order valence-corrected chi connectivity index (χ0v) is 9.37. The summed E-state index contributed by atoms with van der Waals surface area (Å²) < 4.78 is 5.03. The highest BCUT2D eigenvalue weighted by Crippen LogP contribution is 2.23. The molecule has 82 valence electrons. The van der Waals surface area contributed by atoms with E-state index in [2.05, 4.69) is 0 Å². The SMILES string of the molecule is CCOC(=N)[C@](C)(O)c1cccc(C)c1. The number of nitrogens with one attached hydrogen (secondary N) is 1. The van der Waals surface area contributed by atoms with Crippen molar-refractivity contribution >= 4 is 5.90 Å². The van der Waals surface area contributed by atoms with Crippen molar-refractivity contribution in [1.29, 1.82) is 5.41 Å². The highest BCUT2D eigenvalue weighted by Gasteiger charge is 2.30. The molecule has 0 saturated carbocycles. The van der Waals surface area contributed by atoms with Gasteiger partial charge in [-0.25, -0.2) is 0 Å². The molecule has 3 heteroatoms. The van der Waals surface area contributed by atoms with Gasteiger partial charge in [-0.05, 0) is 26.3 Å². The normalized spacial score (nSPS) is 14.4. The first-order valence-electron chi connectivity index (χ1n) is 4.99. The predicted molar refractivity (Wildman–Crippen MR) is 60.1 cm³/mol. The molecule has 0 amide bonds. The molecule has 0 bridgehead atoms. The summed E-state index contributed by atoms with van der Waals surface area (Å²) in [5.41, 5.74) is 0.389. The van der Waals surface area contributed by atoms with E-state index in [-0.39, 0.29) is 5.90 Å². The average Bonchev–Trinajstić information content (AvgIpc) is 2.18. The second-order valence-electron chi connectivity index (χ2n) is 3.70. The van der Waals surface area contributed by atoms with Crippen molar-refractivity contribution < 1.29 is 9.84 Å². The lowest BCUT2D eigenvalue weighted by atomic mass is 9.94. The summed E-state index contributed by atoms with van der Waals surface area (Å²) >= 11 is 0. The molecule has 3 nitrogen and oxygen atoms in total. The minimum Gasteiger partial charge on any atom is -0.479 e. The number of aliphatic hydroxyl groups is 1. The molecule has 0 spiro atoms. The first-order valence-corrected chi connectivity index (χ1v) is 4.99. The largest absolute Gasteiger partial charge is 0.479 e. The Kier molecular flexibility index (Phi) is 3.48. The lowest BCUT2D eigenvalue weighted by Gasteiger charge is -2.24. The Bertz CT molecular complexity index is 358. The third-order valence-electron chi connectivity index (χ3n) is 2.31. The van der Waals surface area contributed by atoms with Gasteiger partial charge in [0.05, 0.1) is 6.61 Å². The third kappa shape index (κ3) is 2.57. The molecule has 0 fully saturated rings. The molecule has 0 aliphatic heterocycles. The molecule has 1 aromatic carbocycles. The molecule has 0 heterocycles. The molecule has 2 N–H and O–H groups in total. The molecule has 0 saturated heterocycles. The van der Waals surface area contributed by atoms with Crippen molar-refractivity contribution in [1.82, 2.24) is 0 Å². The van der Waals surface area contributed by atoms with Crippen LogP contribution in [0.25, 0.3) is 0 Å². The molecule has 1 atom stereocenters. The minimum atomic E-state index is -1.35. The summed E-state index contributed by atoms with van der Waals surface area (Å²) in [4.78, 5) is 0. The second-order valence-corrected chi connectivity index (χ2v) is 3.70. The zero-order chi connectivity index (χ0) is 11.5. The smallest absolute Gasteiger partial charge is 0.217 e. The van der Waals surface area contributed by atoms with Crippen molar-refractivity contribution in [2.24, 2.45) is 0 Å². The summed E-state index contributed by atoms with van der Waals surface area (Å²) in [5.74, 6) is -0.115. The van der Waals surface area contributed by atoms with Crippen molar-refractivity contribution in [3.05, 3.63) is 35.4 Å². The molecule has 0 unspecified atom stereocenters. The van der Waals surface area contributed by atoms with Crippen LogP contribution in [0.5, 0.6) is 0 Å². The van der Waals surface area contributed by atoms with Gasteiger partial charge in [0.25, 0.3) is 0 Å².